The lowest BCUT2D eigenvalue weighted by atomic mass is 10.1. The van der Waals surface area contributed by atoms with E-state index in [1.165, 1.54) is 6.20 Å². The van der Waals surface area contributed by atoms with Crippen molar-refractivity contribution in [2.45, 2.75) is 25.5 Å². The third kappa shape index (κ3) is 5.50. The van der Waals surface area contributed by atoms with Crippen molar-refractivity contribution < 1.29 is 28.2 Å². The summed E-state index contributed by atoms with van der Waals surface area (Å²) in [5.41, 5.74) is 0.239. The van der Waals surface area contributed by atoms with Gasteiger partial charge in [-0.25, -0.2) is 0 Å². The number of thioether (sulfide) groups is 1. The van der Waals surface area contributed by atoms with Gasteiger partial charge in [0.25, 0.3) is 0 Å². The monoisotopic (exact) mass is 420 g/mol. The molecule has 0 spiro atoms. The molecular weight excluding hydrogens is 405 g/mol. The standard InChI is InChI=1S/C17H16ClF3N2O3S/c1-9-16(26)12(6-24)10(5-22-9)7-27-8-15(25)23-14-4-11(17(19,20)21)2-3-13(14)18/h2-5,24,26H,6-8H2,1H3,(H,23,25). The summed E-state index contributed by atoms with van der Waals surface area (Å²) in [6.45, 7) is 1.22. The highest BCUT2D eigenvalue weighted by atomic mass is 35.5. The van der Waals surface area contributed by atoms with E-state index in [0.29, 0.717) is 16.8 Å². The molecule has 5 nitrogen and oxygen atoms in total. The van der Waals surface area contributed by atoms with Crippen LogP contribution >= 0.6 is 23.4 Å². The number of nitrogens with one attached hydrogen (secondary N) is 1. The predicted molar refractivity (Wildman–Crippen MR) is 97.8 cm³/mol. The molecule has 2 aromatic rings. The van der Waals surface area contributed by atoms with Gasteiger partial charge in [0.05, 0.1) is 34.3 Å². The van der Waals surface area contributed by atoms with E-state index in [1.54, 1.807) is 6.92 Å². The SMILES string of the molecule is Cc1ncc(CSCC(=O)Nc2cc(C(F)(F)F)ccc2Cl)c(CO)c1O. The molecule has 10 heteroatoms. The Bertz CT molecular complexity index is 847. The molecule has 27 heavy (non-hydrogen) atoms. The Labute approximate surface area is 162 Å². The number of anilines is 1. The van der Waals surface area contributed by atoms with Crippen LogP contribution in [0.1, 0.15) is 22.4 Å². The van der Waals surface area contributed by atoms with Gasteiger partial charge in [-0.15, -0.1) is 11.8 Å². The number of aryl methyl sites for hydroxylation is 1. The minimum Gasteiger partial charge on any atom is -0.506 e. The van der Waals surface area contributed by atoms with Crippen molar-refractivity contribution >= 4 is 35.0 Å². The Morgan fingerprint density at radius 2 is 2.07 bits per heavy atom. The number of aromatic hydroxyl groups is 1. The van der Waals surface area contributed by atoms with E-state index in [4.69, 9.17) is 11.6 Å². The molecule has 0 unspecified atom stereocenters. The van der Waals surface area contributed by atoms with Crippen LogP contribution in [0.3, 0.4) is 0 Å². The zero-order valence-electron chi connectivity index (χ0n) is 14.1. The van der Waals surface area contributed by atoms with E-state index < -0.39 is 17.6 Å². The summed E-state index contributed by atoms with van der Waals surface area (Å²) in [6, 6.07) is 2.68. The number of amides is 1. The lowest BCUT2D eigenvalue weighted by Gasteiger charge is -2.12. The second-order valence-electron chi connectivity index (χ2n) is 5.59. The third-order valence-electron chi connectivity index (χ3n) is 3.65. The van der Waals surface area contributed by atoms with E-state index in [2.05, 4.69) is 10.3 Å². The maximum Gasteiger partial charge on any atom is 0.416 e. The van der Waals surface area contributed by atoms with Crippen LogP contribution in [0.15, 0.2) is 24.4 Å². The van der Waals surface area contributed by atoms with Gasteiger partial charge < -0.3 is 15.5 Å². The van der Waals surface area contributed by atoms with E-state index >= 15 is 0 Å². The Morgan fingerprint density at radius 1 is 1.37 bits per heavy atom. The summed E-state index contributed by atoms with van der Waals surface area (Å²) in [5.74, 6) is -0.418. The van der Waals surface area contributed by atoms with Crippen molar-refractivity contribution in [1.82, 2.24) is 4.98 Å². The molecule has 1 amide bonds. The second kappa shape index (κ2) is 8.81. The van der Waals surface area contributed by atoms with Gasteiger partial charge in [0.2, 0.25) is 5.91 Å². The topological polar surface area (TPSA) is 82.5 Å². The molecule has 0 fully saturated rings. The number of nitrogens with zero attached hydrogens (tertiary/aromatic N) is 1. The number of halogens is 4. The Kier molecular flexibility index (Phi) is 6.96. The number of aliphatic hydroxyl groups is 1. The first-order valence-electron chi connectivity index (χ1n) is 7.65. The number of aromatic nitrogens is 1. The Balaban J connectivity index is 1.99. The van der Waals surface area contributed by atoms with Crippen molar-refractivity contribution in [3.8, 4) is 5.75 Å². The van der Waals surface area contributed by atoms with Crippen LogP contribution in [0, 0.1) is 6.92 Å². The van der Waals surface area contributed by atoms with E-state index in [9.17, 15) is 28.2 Å². The largest absolute Gasteiger partial charge is 0.506 e. The zero-order chi connectivity index (χ0) is 20.2. The average molecular weight is 421 g/mol. The zero-order valence-corrected chi connectivity index (χ0v) is 15.7. The van der Waals surface area contributed by atoms with Gasteiger partial charge in [-0.05, 0) is 30.7 Å². The fourth-order valence-corrected chi connectivity index (χ4v) is 3.22. The van der Waals surface area contributed by atoms with Crippen molar-refractivity contribution in [3.63, 3.8) is 0 Å². The molecular formula is C17H16ClF3N2O3S. The van der Waals surface area contributed by atoms with Crippen molar-refractivity contribution in [2.24, 2.45) is 0 Å². The molecule has 146 valence electrons. The number of alkyl halides is 3. The lowest BCUT2D eigenvalue weighted by molar-refractivity contribution is -0.137. The molecule has 0 radical (unpaired) electrons. The first kappa shape index (κ1) is 21.3. The van der Waals surface area contributed by atoms with Gasteiger partial charge in [0, 0.05) is 17.5 Å². The molecule has 2 rings (SSSR count). The highest BCUT2D eigenvalue weighted by molar-refractivity contribution is 7.99. The van der Waals surface area contributed by atoms with Gasteiger partial charge in [0.1, 0.15) is 5.75 Å². The van der Waals surface area contributed by atoms with E-state index in [-0.39, 0.29) is 34.6 Å². The van der Waals surface area contributed by atoms with Crippen LogP contribution < -0.4 is 5.32 Å². The summed E-state index contributed by atoms with van der Waals surface area (Å²) in [7, 11) is 0. The smallest absolute Gasteiger partial charge is 0.416 e. The van der Waals surface area contributed by atoms with Crippen LogP contribution in [0.5, 0.6) is 5.75 Å². The maximum atomic E-state index is 12.8. The minimum atomic E-state index is -4.54. The molecule has 0 atom stereocenters. The average Bonchev–Trinajstić information content (AvgIpc) is 2.59. The molecule has 1 aromatic carbocycles. The van der Waals surface area contributed by atoms with Crippen molar-refractivity contribution in [2.75, 3.05) is 11.1 Å². The third-order valence-corrected chi connectivity index (χ3v) is 4.96. The fraction of sp³-hybridized carbons (Fsp3) is 0.294. The number of aliphatic hydroxyl groups excluding tert-OH is 1. The number of benzene rings is 1. The number of hydrogen-bond donors (Lipinski definition) is 3. The molecule has 1 aromatic heterocycles. The Hall–Kier alpha value is -1.97. The van der Waals surface area contributed by atoms with Gasteiger partial charge in [-0.2, -0.15) is 13.2 Å². The van der Waals surface area contributed by atoms with Gasteiger partial charge in [-0.3, -0.25) is 9.78 Å². The number of rotatable bonds is 6. The maximum absolute atomic E-state index is 12.8. The van der Waals surface area contributed by atoms with Gasteiger partial charge in [-0.1, -0.05) is 11.6 Å². The summed E-state index contributed by atoms with van der Waals surface area (Å²) < 4.78 is 38.3. The first-order valence-corrected chi connectivity index (χ1v) is 9.18. The number of hydrogen-bond acceptors (Lipinski definition) is 5. The molecule has 0 aliphatic carbocycles. The lowest BCUT2D eigenvalue weighted by Crippen LogP contribution is -2.15. The highest BCUT2D eigenvalue weighted by Gasteiger charge is 2.31. The summed E-state index contributed by atoms with van der Waals surface area (Å²) in [5, 5.41) is 21.6. The fourth-order valence-electron chi connectivity index (χ4n) is 2.22. The van der Waals surface area contributed by atoms with Gasteiger partial charge >= 0.3 is 6.18 Å². The quantitative estimate of drug-likeness (QED) is 0.654. The summed E-state index contributed by atoms with van der Waals surface area (Å²) in [4.78, 5) is 16.0. The Morgan fingerprint density at radius 3 is 2.70 bits per heavy atom. The first-order chi connectivity index (χ1) is 12.6. The van der Waals surface area contributed by atoms with E-state index in [0.717, 1.165) is 30.0 Å². The number of pyridine rings is 1. The minimum absolute atomic E-state index is 0.00317. The molecule has 3 N–H and O–H groups in total. The summed E-state index contributed by atoms with van der Waals surface area (Å²) >= 11 is 6.99. The van der Waals surface area contributed by atoms with E-state index in [1.807, 2.05) is 0 Å². The number of carbonyl (C=O) groups excluding carboxylic acids is 1. The van der Waals surface area contributed by atoms with Crippen LogP contribution in [0.4, 0.5) is 18.9 Å². The van der Waals surface area contributed by atoms with Crippen molar-refractivity contribution in [3.05, 3.63) is 51.8 Å². The molecule has 0 bridgehead atoms. The molecule has 0 saturated heterocycles. The van der Waals surface area contributed by atoms with Crippen LogP contribution in [-0.4, -0.2) is 26.9 Å². The molecule has 1 heterocycles. The van der Waals surface area contributed by atoms with Gasteiger partial charge in [0.15, 0.2) is 0 Å². The van der Waals surface area contributed by atoms with Crippen LogP contribution in [-0.2, 0) is 23.3 Å². The normalized spacial score (nSPS) is 11.5. The van der Waals surface area contributed by atoms with Crippen molar-refractivity contribution in [1.29, 1.82) is 0 Å². The molecule has 0 aliphatic heterocycles. The molecule has 0 aliphatic rings. The second-order valence-corrected chi connectivity index (χ2v) is 6.98. The number of carbonyl (C=O) groups is 1. The predicted octanol–water partition coefficient (Wildman–Crippen LogP) is 4.13. The molecule has 0 saturated carbocycles. The highest BCUT2D eigenvalue weighted by Crippen LogP contribution is 2.34. The van der Waals surface area contributed by atoms with Crippen LogP contribution in [0.2, 0.25) is 5.02 Å². The van der Waals surface area contributed by atoms with Crippen LogP contribution in [0.25, 0.3) is 0 Å². The summed E-state index contributed by atoms with van der Waals surface area (Å²) in [6.07, 6.45) is -3.05.